The Kier molecular flexibility index (Phi) is 5.48. The van der Waals surface area contributed by atoms with Crippen molar-refractivity contribution in [2.24, 2.45) is 5.41 Å². The number of nitrogens with one attached hydrogen (secondary N) is 1. The Bertz CT molecular complexity index is 421. The maximum Gasteiger partial charge on any atom is 0.252 e. The largest absolute Gasteiger partial charge is 0.351 e. The Labute approximate surface area is 123 Å². The van der Waals surface area contributed by atoms with Crippen molar-refractivity contribution in [3.8, 4) is 0 Å². The lowest BCUT2D eigenvalue weighted by atomic mass is 9.97. The maximum atomic E-state index is 11.9. The number of alkyl halides is 1. The van der Waals surface area contributed by atoms with Crippen LogP contribution in [-0.4, -0.2) is 17.8 Å². The van der Waals surface area contributed by atoms with E-state index in [1.165, 1.54) is 0 Å². The second-order valence-corrected chi connectivity index (χ2v) is 6.37. The molecule has 0 aromatic heterocycles. The molecule has 1 amide bonds. The Balaban J connectivity index is 2.74. The zero-order valence-corrected chi connectivity index (χ0v) is 13.6. The quantitative estimate of drug-likeness (QED) is 0.774. The minimum Gasteiger partial charge on any atom is -0.351 e. The summed E-state index contributed by atoms with van der Waals surface area (Å²) in [6, 6.07) is 5.31. The Hall–Kier alpha value is -0.0600. The first-order chi connectivity index (χ1) is 7.87. The molecule has 0 aliphatic rings. The van der Waals surface area contributed by atoms with Gasteiger partial charge >= 0.3 is 0 Å². The molecule has 0 radical (unpaired) electrons. The fourth-order valence-corrected chi connectivity index (χ4v) is 1.92. The van der Waals surface area contributed by atoms with E-state index < -0.39 is 0 Å². The number of carbonyl (C=O) groups is 1. The minimum absolute atomic E-state index is 0.0220. The normalized spacial score (nSPS) is 11.4. The van der Waals surface area contributed by atoms with Crippen molar-refractivity contribution in [2.75, 3.05) is 11.9 Å². The number of hydrogen-bond donors (Lipinski definition) is 1. The van der Waals surface area contributed by atoms with Crippen molar-refractivity contribution < 1.29 is 4.79 Å². The summed E-state index contributed by atoms with van der Waals surface area (Å²) in [6.07, 6.45) is 0. The topological polar surface area (TPSA) is 29.1 Å². The molecule has 17 heavy (non-hydrogen) atoms. The van der Waals surface area contributed by atoms with Gasteiger partial charge in [0.2, 0.25) is 0 Å². The van der Waals surface area contributed by atoms with Crippen LogP contribution in [-0.2, 0) is 0 Å². The standard InChI is InChI=1S/C12H14Br2ClNO/c1-12(2,6-13)7-16-11(17)8-4-3-5-9(14)10(8)15/h3-5H,6-7H2,1-2H3,(H,16,17). The van der Waals surface area contributed by atoms with Crippen molar-refractivity contribution in [3.05, 3.63) is 33.3 Å². The molecule has 5 heteroatoms. The molecule has 0 atom stereocenters. The predicted molar refractivity (Wildman–Crippen MR) is 79.1 cm³/mol. The molecular weight excluding hydrogens is 369 g/mol. The number of halogens is 3. The molecule has 1 rings (SSSR count). The lowest BCUT2D eigenvalue weighted by Gasteiger charge is -2.22. The van der Waals surface area contributed by atoms with Crippen LogP contribution >= 0.6 is 43.5 Å². The van der Waals surface area contributed by atoms with E-state index in [9.17, 15) is 4.79 Å². The summed E-state index contributed by atoms with van der Waals surface area (Å²) in [5.41, 5.74) is 0.514. The number of amides is 1. The van der Waals surface area contributed by atoms with Gasteiger partial charge < -0.3 is 5.32 Å². The molecule has 94 valence electrons. The van der Waals surface area contributed by atoms with Crippen LogP contribution in [0.5, 0.6) is 0 Å². The third-order valence-electron chi connectivity index (χ3n) is 2.29. The third-order valence-corrected chi connectivity index (χ3v) is 5.10. The Morgan fingerprint density at radius 2 is 2.12 bits per heavy atom. The molecule has 1 N–H and O–H groups in total. The van der Waals surface area contributed by atoms with E-state index >= 15 is 0 Å². The molecule has 0 fully saturated rings. The summed E-state index contributed by atoms with van der Waals surface area (Å²) in [7, 11) is 0. The van der Waals surface area contributed by atoms with Gasteiger partial charge in [0, 0.05) is 16.3 Å². The van der Waals surface area contributed by atoms with Crippen molar-refractivity contribution in [3.63, 3.8) is 0 Å². The van der Waals surface area contributed by atoms with Gasteiger partial charge in [0.05, 0.1) is 10.6 Å². The van der Waals surface area contributed by atoms with Gasteiger partial charge in [-0.15, -0.1) is 0 Å². The van der Waals surface area contributed by atoms with Gasteiger partial charge in [0.25, 0.3) is 5.91 Å². The molecule has 0 aliphatic carbocycles. The average molecular weight is 384 g/mol. The molecule has 0 spiro atoms. The molecule has 0 bridgehead atoms. The van der Waals surface area contributed by atoms with Crippen molar-refractivity contribution in [2.45, 2.75) is 13.8 Å². The van der Waals surface area contributed by atoms with Crippen LogP contribution in [0.2, 0.25) is 5.02 Å². The number of carbonyl (C=O) groups excluding carboxylic acids is 1. The molecule has 2 nitrogen and oxygen atoms in total. The molecule has 1 aromatic carbocycles. The lowest BCUT2D eigenvalue weighted by molar-refractivity contribution is 0.0940. The first-order valence-electron chi connectivity index (χ1n) is 5.15. The van der Waals surface area contributed by atoms with E-state index in [0.717, 1.165) is 9.80 Å². The first-order valence-corrected chi connectivity index (χ1v) is 7.45. The van der Waals surface area contributed by atoms with Crippen molar-refractivity contribution >= 4 is 49.4 Å². The average Bonchev–Trinajstić information content (AvgIpc) is 2.30. The molecule has 0 heterocycles. The minimum atomic E-state index is -0.148. The highest BCUT2D eigenvalue weighted by Gasteiger charge is 2.19. The maximum absolute atomic E-state index is 11.9. The predicted octanol–water partition coefficient (Wildman–Crippen LogP) is 4.25. The highest BCUT2D eigenvalue weighted by molar-refractivity contribution is 9.10. The Morgan fingerprint density at radius 1 is 1.47 bits per heavy atom. The fraction of sp³-hybridized carbons (Fsp3) is 0.417. The zero-order chi connectivity index (χ0) is 13.1. The summed E-state index contributed by atoms with van der Waals surface area (Å²) >= 11 is 12.8. The summed E-state index contributed by atoms with van der Waals surface area (Å²) in [4.78, 5) is 11.9. The summed E-state index contributed by atoms with van der Waals surface area (Å²) in [6.45, 7) is 4.75. The second kappa shape index (κ2) is 6.21. The summed E-state index contributed by atoms with van der Waals surface area (Å²) in [5, 5.41) is 4.16. The van der Waals surface area contributed by atoms with Crippen LogP contribution in [0.25, 0.3) is 0 Å². The SMILES string of the molecule is CC(C)(CBr)CNC(=O)c1cccc(Br)c1Cl. The van der Waals surface area contributed by atoms with Gasteiger partial charge in [-0.3, -0.25) is 4.79 Å². The number of hydrogen-bond acceptors (Lipinski definition) is 1. The monoisotopic (exact) mass is 381 g/mol. The van der Waals surface area contributed by atoms with Crippen LogP contribution in [0.3, 0.4) is 0 Å². The van der Waals surface area contributed by atoms with E-state index in [4.69, 9.17) is 11.6 Å². The van der Waals surface area contributed by atoms with Gasteiger partial charge in [0.15, 0.2) is 0 Å². The lowest BCUT2D eigenvalue weighted by Crippen LogP contribution is -2.35. The van der Waals surface area contributed by atoms with Crippen molar-refractivity contribution in [1.82, 2.24) is 5.32 Å². The van der Waals surface area contributed by atoms with Crippen LogP contribution in [0, 0.1) is 5.41 Å². The van der Waals surface area contributed by atoms with Gasteiger partial charge in [0.1, 0.15) is 0 Å². The molecule has 0 unspecified atom stereocenters. The number of rotatable bonds is 4. The van der Waals surface area contributed by atoms with Crippen molar-refractivity contribution in [1.29, 1.82) is 0 Å². The van der Waals surface area contributed by atoms with Gasteiger partial charge in [-0.1, -0.05) is 47.4 Å². The summed E-state index contributed by atoms with van der Waals surface area (Å²) in [5.74, 6) is -0.148. The Morgan fingerprint density at radius 3 is 2.71 bits per heavy atom. The van der Waals surface area contributed by atoms with Gasteiger partial charge in [-0.25, -0.2) is 0 Å². The van der Waals surface area contributed by atoms with E-state index in [1.807, 2.05) is 6.07 Å². The molecule has 0 saturated carbocycles. The second-order valence-electron chi connectivity index (χ2n) is 4.58. The first kappa shape index (κ1) is 15.0. The fourth-order valence-electron chi connectivity index (χ4n) is 1.14. The van der Waals surface area contributed by atoms with Gasteiger partial charge in [-0.2, -0.15) is 0 Å². The number of benzene rings is 1. The molecule has 1 aromatic rings. The highest BCUT2D eigenvalue weighted by atomic mass is 79.9. The zero-order valence-electron chi connectivity index (χ0n) is 9.69. The van der Waals surface area contributed by atoms with Crippen LogP contribution in [0.1, 0.15) is 24.2 Å². The molecular formula is C12H14Br2ClNO. The van der Waals surface area contributed by atoms with E-state index in [-0.39, 0.29) is 11.3 Å². The van der Waals surface area contributed by atoms with Crippen LogP contribution in [0.15, 0.2) is 22.7 Å². The van der Waals surface area contributed by atoms with Gasteiger partial charge in [-0.05, 0) is 33.5 Å². The van der Waals surface area contributed by atoms with E-state index in [2.05, 4.69) is 51.0 Å². The van der Waals surface area contributed by atoms with Crippen LogP contribution in [0.4, 0.5) is 0 Å². The van der Waals surface area contributed by atoms with Crippen LogP contribution < -0.4 is 5.32 Å². The molecule has 0 saturated heterocycles. The van der Waals surface area contributed by atoms with E-state index in [1.54, 1.807) is 12.1 Å². The third kappa shape index (κ3) is 4.27. The summed E-state index contributed by atoms with van der Waals surface area (Å²) < 4.78 is 0.728. The smallest absolute Gasteiger partial charge is 0.252 e. The highest BCUT2D eigenvalue weighted by Crippen LogP contribution is 2.26. The molecule has 0 aliphatic heterocycles. The van der Waals surface area contributed by atoms with E-state index in [0.29, 0.717) is 17.1 Å².